The summed E-state index contributed by atoms with van der Waals surface area (Å²) in [5.74, 6) is 0.408. The molecule has 1 aromatic heterocycles. The molecule has 0 saturated carbocycles. The van der Waals surface area contributed by atoms with Gasteiger partial charge < -0.3 is 4.42 Å². The summed E-state index contributed by atoms with van der Waals surface area (Å²) in [6, 6.07) is 5.86. The van der Waals surface area contributed by atoms with E-state index in [-0.39, 0.29) is 4.90 Å². The quantitative estimate of drug-likeness (QED) is 0.940. The van der Waals surface area contributed by atoms with Crippen LogP contribution in [0.1, 0.15) is 24.3 Å². The first-order valence-electron chi connectivity index (χ1n) is 5.93. The second-order valence-corrected chi connectivity index (χ2v) is 6.09. The zero-order valence-electron chi connectivity index (χ0n) is 10.9. The van der Waals surface area contributed by atoms with Gasteiger partial charge >= 0.3 is 6.18 Å². The van der Waals surface area contributed by atoms with Crippen LogP contribution in [0.3, 0.4) is 0 Å². The van der Waals surface area contributed by atoms with E-state index in [1.54, 1.807) is 19.1 Å². The topological polar surface area (TPSA) is 59.3 Å². The van der Waals surface area contributed by atoms with Crippen LogP contribution >= 0.6 is 0 Å². The van der Waals surface area contributed by atoms with Gasteiger partial charge in [-0.05, 0) is 43.3 Å². The Labute approximate surface area is 119 Å². The summed E-state index contributed by atoms with van der Waals surface area (Å²) in [6.45, 7) is 1.57. The van der Waals surface area contributed by atoms with Gasteiger partial charge in [-0.2, -0.15) is 13.2 Å². The molecule has 1 heterocycles. The van der Waals surface area contributed by atoms with Crippen LogP contribution in [-0.2, 0) is 16.2 Å². The zero-order chi connectivity index (χ0) is 15.7. The molecule has 0 unspecified atom stereocenters. The summed E-state index contributed by atoms with van der Waals surface area (Å²) in [5.41, 5.74) is -0.902. The standard InChI is InChI=1S/C13H12F3NO3S/c1-9(12-3-2-8-20-12)17-21(18,19)11-6-4-10(5-7-11)13(14,15)16/h2-9,17H,1H3/t9-/m0/s1. The van der Waals surface area contributed by atoms with Crippen molar-refractivity contribution in [3.8, 4) is 0 Å². The van der Waals surface area contributed by atoms with Gasteiger partial charge in [-0.25, -0.2) is 13.1 Å². The Balaban J connectivity index is 2.20. The lowest BCUT2D eigenvalue weighted by Crippen LogP contribution is -2.26. The second kappa shape index (κ2) is 5.53. The molecular weight excluding hydrogens is 307 g/mol. The zero-order valence-corrected chi connectivity index (χ0v) is 11.7. The lowest BCUT2D eigenvalue weighted by Gasteiger charge is -2.13. The Hall–Kier alpha value is -1.80. The van der Waals surface area contributed by atoms with Gasteiger partial charge in [0.15, 0.2) is 0 Å². The molecule has 0 amide bonds. The molecule has 8 heteroatoms. The average molecular weight is 319 g/mol. The Kier molecular flexibility index (Phi) is 4.11. The Bertz CT molecular complexity index is 691. The molecule has 0 aliphatic carbocycles. The van der Waals surface area contributed by atoms with Crippen molar-refractivity contribution in [1.29, 1.82) is 0 Å². The van der Waals surface area contributed by atoms with Crippen LogP contribution in [0.2, 0.25) is 0 Å². The third-order valence-corrected chi connectivity index (χ3v) is 4.35. The number of hydrogen-bond acceptors (Lipinski definition) is 3. The van der Waals surface area contributed by atoms with Crippen molar-refractivity contribution in [2.24, 2.45) is 0 Å². The Morgan fingerprint density at radius 3 is 2.24 bits per heavy atom. The molecule has 0 fully saturated rings. The molecule has 1 atom stereocenters. The monoisotopic (exact) mass is 319 g/mol. The van der Waals surface area contributed by atoms with E-state index < -0.39 is 27.8 Å². The van der Waals surface area contributed by atoms with Gasteiger partial charge in [0.2, 0.25) is 10.0 Å². The van der Waals surface area contributed by atoms with Gasteiger partial charge in [-0.3, -0.25) is 0 Å². The predicted octanol–water partition coefficient (Wildman–Crippen LogP) is 3.34. The number of hydrogen-bond donors (Lipinski definition) is 1. The number of benzene rings is 1. The van der Waals surface area contributed by atoms with Gasteiger partial charge in [0.1, 0.15) is 5.76 Å². The number of alkyl halides is 3. The highest BCUT2D eigenvalue weighted by Crippen LogP contribution is 2.29. The van der Waals surface area contributed by atoms with E-state index in [1.807, 2.05) is 0 Å². The van der Waals surface area contributed by atoms with Crippen LogP contribution in [0.25, 0.3) is 0 Å². The molecule has 0 aliphatic rings. The molecular formula is C13H12F3NO3S. The molecule has 0 aliphatic heterocycles. The molecule has 2 rings (SSSR count). The summed E-state index contributed by atoms with van der Waals surface area (Å²) in [7, 11) is -3.93. The van der Waals surface area contributed by atoms with Crippen molar-refractivity contribution in [3.05, 3.63) is 54.0 Å². The molecule has 0 saturated heterocycles. The van der Waals surface area contributed by atoms with E-state index in [1.165, 1.54) is 6.26 Å². The highest BCUT2D eigenvalue weighted by atomic mass is 32.2. The molecule has 2 aromatic rings. The van der Waals surface area contributed by atoms with Crippen LogP contribution in [0.5, 0.6) is 0 Å². The van der Waals surface area contributed by atoms with E-state index in [0.29, 0.717) is 5.76 Å². The lowest BCUT2D eigenvalue weighted by atomic mass is 10.2. The molecule has 0 bridgehead atoms. The van der Waals surface area contributed by atoms with Gasteiger partial charge in [-0.1, -0.05) is 0 Å². The highest BCUT2D eigenvalue weighted by molar-refractivity contribution is 7.89. The van der Waals surface area contributed by atoms with E-state index in [2.05, 4.69) is 4.72 Å². The summed E-state index contributed by atoms with van der Waals surface area (Å²) >= 11 is 0. The first-order valence-corrected chi connectivity index (χ1v) is 7.41. The van der Waals surface area contributed by atoms with Gasteiger partial charge in [0.25, 0.3) is 0 Å². The SMILES string of the molecule is C[C@H](NS(=O)(=O)c1ccc(C(F)(F)F)cc1)c1ccco1. The maximum absolute atomic E-state index is 12.4. The number of halogens is 3. The molecule has 1 N–H and O–H groups in total. The molecule has 0 radical (unpaired) electrons. The minimum Gasteiger partial charge on any atom is -0.468 e. The maximum atomic E-state index is 12.4. The van der Waals surface area contributed by atoms with E-state index >= 15 is 0 Å². The van der Waals surface area contributed by atoms with Crippen LogP contribution in [0, 0.1) is 0 Å². The predicted molar refractivity (Wildman–Crippen MR) is 68.9 cm³/mol. The Morgan fingerprint density at radius 1 is 1.14 bits per heavy atom. The van der Waals surface area contributed by atoms with Gasteiger partial charge in [0.05, 0.1) is 22.8 Å². The summed E-state index contributed by atoms with van der Waals surface area (Å²) in [6.07, 6.45) is -3.10. The fourth-order valence-corrected chi connectivity index (χ4v) is 2.93. The normalized spacial score (nSPS) is 14.1. The number of rotatable bonds is 4. The fourth-order valence-electron chi connectivity index (χ4n) is 1.72. The van der Waals surface area contributed by atoms with Crippen LogP contribution in [0.15, 0.2) is 52.0 Å². The van der Waals surface area contributed by atoms with E-state index in [4.69, 9.17) is 4.42 Å². The smallest absolute Gasteiger partial charge is 0.416 e. The number of nitrogens with one attached hydrogen (secondary N) is 1. The molecule has 1 aromatic carbocycles. The average Bonchev–Trinajstić information content (AvgIpc) is 2.91. The summed E-state index contributed by atoms with van der Waals surface area (Å²) in [4.78, 5) is -0.242. The third kappa shape index (κ3) is 3.64. The summed E-state index contributed by atoms with van der Waals surface area (Å²) < 4.78 is 68.8. The molecule has 0 spiro atoms. The molecule has 21 heavy (non-hydrogen) atoms. The van der Waals surface area contributed by atoms with Crippen molar-refractivity contribution in [3.63, 3.8) is 0 Å². The number of furan rings is 1. The lowest BCUT2D eigenvalue weighted by molar-refractivity contribution is -0.137. The largest absolute Gasteiger partial charge is 0.468 e. The Morgan fingerprint density at radius 2 is 1.76 bits per heavy atom. The van der Waals surface area contributed by atoms with Crippen LogP contribution in [0.4, 0.5) is 13.2 Å². The van der Waals surface area contributed by atoms with Gasteiger partial charge in [-0.15, -0.1) is 0 Å². The number of sulfonamides is 1. The van der Waals surface area contributed by atoms with Crippen molar-refractivity contribution in [2.75, 3.05) is 0 Å². The minimum absolute atomic E-state index is 0.242. The maximum Gasteiger partial charge on any atom is 0.416 e. The van der Waals surface area contributed by atoms with Crippen molar-refractivity contribution in [2.45, 2.75) is 24.0 Å². The first-order chi connectivity index (χ1) is 9.70. The van der Waals surface area contributed by atoms with Gasteiger partial charge in [0, 0.05) is 0 Å². The highest BCUT2D eigenvalue weighted by Gasteiger charge is 2.30. The van der Waals surface area contributed by atoms with Crippen molar-refractivity contribution < 1.29 is 26.0 Å². The van der Waals surface area contributed by atoms with Crippen molar-refractivity contribution in [1.82, 2.24) is 4.72 Å². The third-order valence-electron chi connectivity index (χ3n) is 2.79. The van der Waals surface area contributed by atoms with Crippen LogP contribution < -0.4 is 4.72 Å². The second-order valence-electron chi connectivity index (χ2n) is 4.38. The van der Waals surface area contributed by atoms with Crippen molar-refractivity contribution >= 4 is 10.0 Å². The molecule has 4 nitrogen and oxygen atoms in total. The molecule has 114 valence electrons. The first kappa shape index (κ1) is 15.6. The van der Waals surface area contributed by atoms with E-state index in [9.17, 15) is 21.6 Å². The minimum atomic E-state index is -4.50. The summed E-state index contributed by atoms with van der Waals surface area (Å²) in [5, 5.41) is 0. The van der Waals surface area contributed by atoms with E-state index in [0.717, 1.165) is 24.3 Å². The van der Waals surface area contributed by atoms with Crippen LogP contribution in [-0.4, -0.2) is 8.42 Å². The fraction of sp³-hybridized carbons (Fsp3) is 0.231.